The van der Waals surface area contributed by atoms with Crippen molar-refractivity contribution in [2.45, 2.75) is 38.1 Å². The summed E-state index contributed by atoms with van der Waals surface area (Å²) in [5.74, 6) is -4.85. The van der Waals surface area contributed by atoms with Crippen molar-refractivity contribution >= 4 is 11.9 Å². The minimum absolute atomic E-state index is 0.0475. The third-order valence-corrected chi connectivity index (χ3v) is 4.91. The van der Waals surface area contributed by atoms with Gasteiger partial charge in [0.05, 0.1) is 13.7 Å². The molecule has 0 amide bonds. The van der Waals surface area contributed by atoms with Gasteiger partial charge in [-0.2, -0.15) is 26.3 Å². The first kappa shape index (κ1) is 31.8. The molecule has 0 spiro atoms. The molecule has 3 aromatic rings. The first-order valence-electron chi connectivity index (χ1n) is 11.1. The Morgan fingerprint density at radius 1 is 0.925 bits per heavy atom. The molecule has 1 unspecified atom stereocenters. The van der Waals surface area contributed by atoms with Gasteiger partial charge >= 0.3 is 30.3 Å². The average Bonchev–Trinajstić information content (AvgIpc) is 3.23. The van der Waals surface area contributed by atoms with Gasteiger partial charge < -0.3 is 24.3 Å². The molecule has 3 aromatic heterocycles. The summed E-state index contributed by atoms with van der Waals surface area (Å²) >= 11 is 0. The third-order valence-electron chi connectivity index (χ3n) is 4.91. The molecular weight excluding hydrogens is 556 g/mol. The van der Waals surface area contributed by atoms with Crippen molar-refractivity contribution < 1.29 is 55.6 Å². The predicted molar refractivity (Wildman–Crippen MR) is 123 cm³/mol. The van der Waals surface area contributed by atoms with Crippen molar-refractivity contribution in [1.29, 1.82) is 0 Å². The number of aromatic nitrogens is 4. The number of pyridine rings is 1. The van der Waals surface area contributed by atoms with Gasteiger partial charge in [0, 0.05) is 55.7 Å². The lowest BCUT2D eigenvalue weighted by molar-refractivity contribution is -0.193. The van der Waals surface area contributed by atoms with E-state index in [1.807, 2.05) is 12.1 Å². The Balaban J connectivity index is 0.000000333. The second kappa shape index (κ2) is 14.1. The maximum atomic E-state index is 10.6. The van der Waals surface area contributed by atoms with Gasteiger partial charge in [-0.15, -0.1) is 0 Å². The Labute approximate surface area is 222 Å². The first-order valence-corrected chi connectivity index (χ1v) is 11.1. The van der Waals surface area contributed by atoms with E-state index in [-0.39, 0.29) is 6.10 Å². The summed E-state index contributed by atoms with van der Waals surface area (Å²) in [6.45, 7) is 3.09. The Morgan fingerprint density at radius 2 is 1.50 bits per heavy atom. The number of hydrogen-bond acceptors (Lipinski definition) is 8. The van der Waals surface area contributed by atoms with Crippen molar-refractivity contribution in [3.05, 3.63) is 66.4 Å². The van der Waals surface area contributed by atoms with Gasteiger partial charge in [0.15, 0.2) is 0 Å². The topological polar surface area (TPSA) is 140 Å². The van der Waals surface area contributed by atoms with Crippen molar-refractivity contribution in [2.75, 3.05) is 13.7 Å². The molecule has 2 N–H and O–H groups in total. The summed E-state index contributed by atoms with van der Waals surface area (Å²) in [7, 11) is 1.65. The monoisotopic (exact) mass is 579 g/mol. The van der Waals surface area contributed by atoms with E-state index < -0.39 is 24.3 Å². The fourth-order valence-corrected chi connectivity index (χ4v) is 3.29. The van der Waals surface area contributed by atoms with Crippen molar-refractivity contribution in [3.63, 3.8) is 0 Å². The van der Waals surface area contributed by atoms with E-state index >= 15 is 0 Å². The minimum atomic E-state index is -5.08. The van der Waals surface area contributed by atoms with Gasteiger partial charge in [-0.25, -0.2) is 24.5 Å². The predicted octanol–water partition coefficient (Wildman–Crippen LogP) is 3.41. The van der Waals surface area contributed by atoms with Crippen LogP contribution in [-0.2, 0) is 29.2 Å². The van der Waals surface area contributed by atoms with Crippen LogP contribution in [0.2, 0.25) is 0 Å². The van der Waals surface area contributed by atoms with Crippen LogP contribution in [0.3, 0.4) is 0 Å². The maximum Gasteiger partial charge on any atom is 0.490 e. The third kappa shape index (κ3) is 10.4. The molecule has 0 fully saturated rings. The number of rotatable bonds is 5. The number of alkyl halides is 6. The molecule has 0 aromatic carbocycles. The number of ether oxygens (including phenoxy) is 2. The molecule has 0 radical (unpaired) electrons. The van der Waals surface area contributed by atoms with Crippen molar-refractivity contribution in [2.24, 2.45) is 0 Å². The lowest BCUT2D eigenvalue weighted by Gasteiger charge is -2.24. The zero-order valence-electron chi connectivity index (χ0n) is 20.6. The molecule has 4 rings (SSSR count). The minimum Gasteiger partial charge on any atom is -0.481 e. The van der Waals surface area contributed by atoms with E-state index in [0.717, 1.165) is 31.7 Å². The molecule has 4 heterocycles. The van der Waals surface area contributed by atoms with E-state index in [2.05, 4.69) is 42.7 Å². The van der Waals surface area contributed by atoms with Crippen molar-refractivity contribution in [3.8, 4) is 11.9 Å². The van der Waals surface area contributed by atoms with Crippen LogP contribution in [0.15, 0.2) is 55.1 Å². The summed E-state index contributed by atoms with van der Waals surface area (Å²) in [6.07, 6.45) is -2.99. The zero-order chi connectivity index (χ0) is 29.9. The molecular formula is C23H23F6N5O6. The molecule has 1 aliphatic rings. The van der Waals surface area contributed by atoms with Crippen LogP contribution < -0.4 is 9.47 Å². The summed E-state index contributed by atoms with van der Waals surface area (Å²) in [4.78, 5) is 32.8. The van der Waals surface area contributed by atoms with Gasteiger partial charge in [-0.3, -0.25) is 4.90 Å². The quantitative estimate of drug-likeness (QED) is 0.432. The van der Waals surface area contributed by atoms with Crippen molar-refractivity contribution in [1.82, 2.24) is 24.4 Å². The number of aliphatic carboxylic acids is 2. The van der Waals surface area contributed by atoms with Gasteiger partial charge in [-0.1, -0.05) is 6.07 Å². The number of halogens is 6. The molecule has 17 heteroatoms. The normalized spacial score (nSPS) is 15.2. The molecule has 40 heavy (non-hydrogen) atoms. The van der Waals surface area contributed by atoms with Gasteiger partial charge in [-0.05, 0) is 24.3 Å². The summed E-state index contributed by atoms with van der Waals surface area (Å²) < 4.78 is 77.2. The molecule has 1 atom stereocenters. The fraction of sp³-hybridized carbons (Fsp3) is 0.348. The van der Waals surface area contributed by atoms with Crippen LogP contribution >= 0.6 is 0 Å². The Kier molecular flexibility index (Phi) is 11.2. The molecule has 11 nitrogen and oxygen atoms in total. The number of nitrogens with zero attached hydrogens (tertiary/aromatic N) is 5. The molecule has 0 bridgehead atoms. The molecule has 1 aliphatic heterocycles. The second-order valence-corrected chi connectivity index (χ2v) is 7.87. The summed E-state index contributed by atoms with van der Waals surface area (Å²) in [6, 6.07) is 10.4. The molecule has 218 valence electrons. The van der Waals surface area contributed by atoms with Crippen LogP contribution in [0, 0.1) is 0 Å². The summed E-state index contributed by atoms with van der Waals surface area (Å²) in [5.41, 5.74) is 2.32. The van der Waals surface area contributed by atoms with Crippen LogP contribution in [0.4, 0.5) is 26.3 Å². The average molecular weight is 579 g/mol. The number of carbonyl (C=O) groups is 2. The maximum absolute atomic E-state index is 10.6. The first-order chi connectivity index (χ1) is 18.7. The number of carboxylic acids is 2. The highest BCUT2D eigenvalue weighted by Crippen LogP contribution is 2.22. The SMILES string of the molecule is COc1ncccc1CN1Cc2cccn2CC(Oc2ncccn2)C1.O=C(O)C(F)(F)F.O=C(O)C(F)(F)F. The van der Waals surface area contributed by atoms with E-state index in [1.165, 1.54) is 5.69 Å². The Bertz CT molecular complexity index is 1210. The number of carboxylic acid groups (broad SMARTS) is 2. The Hall–Kier alpha value is -4.41. The molecule has 0 saturated heterocycles. The van der Waals surface area contributed by atoms with Gasteiger partial charge in [0.2, 0.25) is 5.88 Å². The van der Waals surface area contributed by atoms with Crippen LogP contribution in [-0.4, -0.2) is 78.7 Å². The number of methoxy groups -OCH3 is 1. The zero-order valence-corrected chi connectivity index (χ0v) is 20.6. The van der Waals surface area contributed by atoms with Crippen LogP contribution in [0.1, 0.15) is 11.3 Å². The van der Waals surface area contributed by atoms with E-state index in [1.54, 1.807) is 31.8 Å². The van der Waals surface area contributed by atoms with Gasteiger partial charge in [0.25, 0.3) is 0 Å². The lowest BCUT2D eigenvalue weighted by atomic mass is 10.2. The molecule has 0 aliphatic carbocycles. The van der Waals surface area contributed by atoms with Gasteiger partial charge in [0.1, 0.15) is 6.10 Å². The summed E-state index contributed by atoms with van der Waals surface area (Å²) in [5, 5.41) is 14.2. The lowest BCUT2D eigenvalue weighted by Crippen LogP contribution is -2.35. The Morgan fingerprint density at radius 3 is 2.05 bits per heavy atom. The van der Waals surface area contributed by atoms with E-state index in [9.17, 15) is 26.3 Å². The smallest absolute Gasteiger partial charge is 0.481 e. The standard InChI is InChI=1S/C19H21N5O2.2C2HF3O2/c1-25-18-15(5-2-7-20-18)11-23-12-16-6-3-10-24(16)14-17(13-23)26-19-21-8-4-9-22-19;2*3-2(4,5)1(6)7/h2-10,17H,11-14H2,1H3;2*(H,6,7). The van der Waals surface area contributed by atoms with Crippen LogP contribution in [0.25, 0.3) is 0 Å². The van der Waals surface area contributed by atoms with E-state index in [0.29, 0.717) is 11.9 Å². The highest BCUT2D eigenvalue weighted by Gasteiger charge is 2.38. The highest BCUT2D eigenvalue weighted by atomic mass is 19.4. The largest absolute Gasteiger partial charge is 0.490 e. The van der Waals surface area contributed by atoms with E-state index in [4.69, 9.17) is 29.3 Å². The number of hydrogen-bond donors (Lipinski definition) is 2. The molecule has 0 saturated carbocycles. The number of fused-ring (bicyclic) bond motifs is 1. The second-order valence-electron chi connectivity index (χ2n) is 7.87. The van der Waals surface area contributed by atoms with Crippen LogP contribution in [0.5, 0.6) is 11.9 Å². The fourth-order valence-electron chi connectivity index (χ4n) is 3.29. The highest BCUT2D eigenvalue weighted by molar-refractivity contribution is 5.73.